The second-order valence-electron chi connectivity index (χ2n) is 0.0913. The first-order chi connectivity index (χ1) is 1.41. The van der Waals surface area contributed by atoms with E-state index in [9.17, 15) is 0 Å². The van der Waals surface area contributed by atoms with Gasteiger partial charge in [0, 0.05) is 0 Å². The summed E-state index contributed by atoms with van der Waals surface area (Å²) in [5.41, 5.74) is 0. The zero-order valence-electron chi connectivity index (χ0n) is 2.34. The maximum atomic E-state index is 8.24. The third-order valence-corrected chi connectivity index (χ3v) is 0. The minimum Gasteiger partial charge on any atom is -2.00 e. The Kier molecular flexibility index (Phi) is 85.3. The molecule has 26 valence electrons. The Morgan fingerprint density at radius 1 is 1.60 bits per heavy atom. The first-order valence-corrected chi connectivity index (χ1v) is 0.428. The van der Waals surface area contributed by atoms with Crippen LogP contribution in [0.15, 0.2) is 0 Å². The molecule has 1 N–H and O–H groups in total. The molecule has 0 atom stereocenters. The second kappa shape index (κ2) is 24.1. The number of aliphatic hydroxyl groups excluding tert-OH is 1. The van der Waals surface area contributed by atoms with Crippen molar-refractivity contribution in [3.8, 4) is 0 Å². The van der Waals surface area contributed by atoms with Crippen LogP contribution in [0.25, 0.3) is 0 Å². The maximum absolute atomic E-state index is 8.24. The molecule has 0 aliphatic heterocycles. The van der Waals surface area contributed by atoms with Crippen molar-refractivity contribution in [2.24, 2.45) is 0 Å². The summed E-state index contributed by atoms with van der Waals surface area (Å²) in [7, 11) is 0. The Hall–Kier alpha value is 0.534. The molecule has 0 heterocycles. The molecule has 0 bridgehead atoms. The third-order valence-electron chi connectivity index (χ3n) is 0. The zero-order chi connectivity index (χ0) is 2.71. The normalized spacial score (nSPS) is 2.40. The van der Waals surface area contributed by atoms with Gasteiger partial charge in [-0.25, -0.2) is 0 Å². The maximum Gasteiger partial charge on any atom is 3.00 e. The molecule has 0 rings (SSSR count). The van der Waals surface area contributed by atoms with E-state index in [4.69, 9.17) is 9.90 Å². The number of hydrogen-bond donors (Lipinski definition) is 1. The van der Waals surface area contributed by atoms with Crippen LogP contribution < -0.4 is 0 Å². The Balaban J connectivity index is -0.0000000200. The predicted molar refractivity (Wildman–Crippen MR) is 9.01 cm³/mol. The van der Waals surface area contributed by atoms with E-state index < -0.39 is 0 Å². The third kappa shape index (κ3) is 102. The van der Waals surface area contributed by atoms with Crippen molar-refractivity contribution in [3.63, 3.8) is 0 Å². The second-order valence-corrected chi connectivity index (χ2v) is 0.0913. The van der Waals surface area contributed by atoms with Gasteiger partial charge in [0.25, 0.3) is 0 Å². The Morgan fingerprint density at radius 3 is 1.60 bits per heavy atom. The van der Waals surface area contributed by atoms with Crippen LogP contribution in [0.1, 0.15) is 0 Å². The standard InChI is InChI=1S/CHO2.O.Y/c2-1-3;;/h(H,2,3);;/q-1;-2;+3. The first-order valence-electron chi connectivity index (χ1n) is 0.428. The predicted octanol–water partition coefficient (Wildman–Crippen LogP) is -0.510. The number of hydrogen-bond acceptors (Lipinski definition) is 1. The van der Waals surface area contributed by atoms with Gasteiger partial charge in [-0.2, -0.15) is 0 Å². The molecule has 0 saturated heterocycles. The van der Waals surface area contributed by atoms with Crippen molar-refractivity contribution in [1.82, 2.24) is 0 Å². The first kappa shape index (κ1) is 17.7. The van der Waals surface area contributed by atoms with Crippen molar-refractivity contribution in [3.05, 3.63) is 0 Å². The molecule has 4 heteroatoms. The van der Waals surface area contributed by atoms with E-state index in [0.29, 0.717) is 6.47 Å². The van der Waals surface area contributed by atoms with Crippen molar-refractivity contribution < 1.29 is 48.1 Å². The van der Waals surface area contributed by atoms with E-state index in [1.807, 2.05) is 0 Å². The van der Waals surface area contributed by atoms with Crippen LogP contribution in [-0.4, -0.2) is 11.6 Å². The minimum atomic E-state index is 0. The van der Waals surface area contributed by atoms with Gasteiger partial charge in [0.15, 0.2) is 0 Å². The summed E-state index contributed by atoms with van der Waals surface area (Å²) in [6, 6.07) is 0. The van der Waals surface area contributed by atoms with Crippen LogP contribution in [0.4, 0.5) is 0 Å². The van der Waals surface area contributed by atoms with Crippen LogP contribution in [0.3, 0.4) is 0 Å². The Bertz CT molecular complexity index is 14.4. The Morgan fingerprint density at radius 2 is 1.60 bits per heavy atom. The van der Waals surface area contributed by atoms with Gasteiger partial charge in [-0.1, -0.05) is 6.47 Å². The van der Waals surface area contributed by atoms with Crippen LogP contribution in [0, 0.1) is 0 Å². The molecule has 0 spiro atoms. The van der Waals surface area contributed by atoms with Gasteiger partial charge in [-0.05, 0) is 0 Å². The summed E-state index contributed by atoms with van der Waals surface area (Å²) in [6.07, 6.45) is 0. The minimum absolute atomic E-state index is 0. The van der Waals surface area contributed by atoms with E-state index in [0.717, 1.165) is 0 Å². The largest absolute Gasteiger partial charge is 3.00 e. The molecule has 0 amide bonds. The van der Waals surface area contributed by atoms with Gasteiger partial charge in [0.2, 0.25) is 0 Å². The average molecular weight is 150 g/mol. The molecule has 5 heavy (non-hydrogen) atoms. The number of rotatable bonds is 0. The van der Waals surface area contributed by atoms with E-state index >= 15 is 0 Å². The fourth-order valence-corrected chi connectivity index (χ4v) is 0. The summed E-state index contributed by atoms with van der Waals surface area (Å²) in [5.74, 6) is 0. The zero-order valence-corrected chi connectivity index (χ0v) is 5.18. The van der Waals surface area contributed by atoms with E-state index in [1.165, 1.54) is 0 Å². The summed E-state index contributed by atoms with van der Waals surface area (Å²) in [5, 5.41) is 6.76. The molecule has 0 aromatic heterocycles. The van der Waals surface area contributed by atoms with Gasteiger partial charge < -0.3 is 15.4 Å². The molecule has 0 saturated carbocycles. The topological polar surface area (TPSA) is 65.8 Å². The van der Waals surface area contributed by atoms with Crippen LogP contribution in [-0.2, 0) is 43.0 Å². The summed E-state index contributed by atoms with van der Waals surface area (Å²) < 4.78 is 0. The molecule has 0 unspecified atom stereocenters. The van der Waals surface area contributed by atoms with E-state index in [2.05, 4.69) is 0 Å². The smallest absolute Gasteiger partial charge is 2.00 e. The van der Waals surface area contributed by atoms with Crippen LogP contribution in [0.2, 0.25) is 0 Å². The molecule has 0 radical (unpaired) electrons. The van der Waals surface area contributed by atoms with Gasteiger partial charge in [-0.15, -0.1) is 0 Å². The SMILES string of the molecule is O=[C-]O.[O-2].[Y+3]. The molecule has 0 aliphatic carbocycles. The molecule has 0 aromatic rings. The van der Waals surface area contributed by atoms with Crippen molar-refractivity contribution >= 4 is 6.47 Å². The molecule has 0 aliphatic rings. The van der Waals surface area contributed by atoms with Crippen LogP contribution >= 0.6 is 0 Å². The van der Waals surface area contributed by atoms with E-state index in [1.54, 1.807) is 0 Å². The summed E-state index contributed by atoms with van der Waals surface area (Å²) in [6.45, 7) is 0.500. The summed E-state index contributed by atoms with van der Waals surface area (Å²) >= 11 is 0. The van der Waals surface area contributed by atoms with Crippen molar-refractivity contribution in [2.45, 2.75) is 0 Å². The van der Waals surface area contributed by atoms with Crippen LogP contribution in [0.5, 0.6) is 0 Å². The van der Waals surface area contributed by atoms with Gasteiger partial charge in [0.05, 0.1) is 0 Å². The monoisotopic (exact) mass is 150 g/mol. The quantitative estimate of drug-likeness (QED) is 0.472. The summed E-state index contributed by atoms with van der Waals surface area (Å²) in [4.78, 5) is 8.24. The van der Waals surface area contributed by atoms with E-state index in [-0.39, 0.29) is 38.2 Å². The molecular formula is CHO3Y. The van der Waals surface area contributed by atoms with Gasteiger partial charge in [0.1, 0.15) is 0 Å². The van der Waals surface area contributed by atoms with Crippen molar-refractivity contribution in [2.75, 3.05) is 0 Å². The molecule has 0 aromatic carbocycles. The van der Waals surface area contributed by atoms with Gasteiger partial charge in [-0.3, -0.25) is 0 Å². The Labute approximate surface area is 54.6 Å². The molecule has 3 nitrogen and oxygen atoms in total. The molecule has 0 fully saturated rings. The fourth-order valence-electron chi connectivity index (χ4n) is 0. The van der Waals surface area contributed by atoms with Gasteiger partial charge >= 0.3 is 32.7 Å². The van der Waals surface area contributed by atoms with Crippen molar-refractivity contribution in [1.29, 1.82) is 0 Å². The average Bonchev–Trinajstić information content (AvgIpc) is 0.918. The fraction of sp³-hybridized carbons (Fsp3) is 0. The molecular weight excluding hydrogens is 149 g/mol.